The van der Waals surface area contributed by atoms with Crippen molar-refractivity contribution in [3.8, 4) is 11.4 Å². The number of aromatic nitrogens is 2. The third-order valence-electron chi connectivity index (χ3n) is 2.90. The molecule has 96 valence electrons. The summed E-state index contributed by atoms with van der Waals surface area (Å²) in [7, 11) is 0. The van der Waals surface area contributed by atoms with E-state index in [2.05, 4.69) is 10.1 Å². The van der Waals surface area contributed by atoms with Gasteiger partial charge in [-0.3, -0.25) is 0 Å². The average molecular weight is 267 g/mol. The standard InChI is InChI=1S/C13H15ClN2O2/c1-3-9(8(2)17)13-15-12(16-18-13)10-6-4-5-7-11(10)14/h4-9,17H,3H2,1-2H3. The number of nitrogens with zero attached hydrogens (tertiary/aromatic N) is 2. The normalized spacial score (nSPS) is 14.4. The van der Waals surface area contributed by atoms with Crippen LogP contribution in [0.1, 0.15) is 32.1 Å². The smallest absolute Gasteiger partial charge is 0.232 e. The molecule has 2 rings (SSSR count). The Bertz CT molecular complexity index is 525. The van der Waals surface area contributed by atoms with Crippen LogP contribution in [0.5, 0.6) is 0 Å². The number of benzene rings is 1. The zero-order valence-corrected chi connectivity index (χ0v) is 11.1. The van der Waals surface area contributed by atoms with Crippen LogP contribution >= 0.6 is 11.6 Å². The lowest BCUT2D eigenvalue weighted by atomic mass is 10.0. The minimum absolute atomic E-state index is 0.145. The third-order valence-corrected chi connectivity index (χ3v) is 3.23. The molecule has 1 aromatic carbocycles. The first-order valence-electron chi connectivity index (χ1n) is 5.90. The van der Waals surface area contributed by atoms with E-state index in [0.717, 1.165) is 12.0 Å². The maximum Gasteiger partial charge on any atom is 0.232 e. The van der Waals surface area contributed by atoms with Gasteiger partial charge >= 0.3 is 0 Å². The van der Waals surface area contributed by atoms with E-state index in [1.165, 1.54) is 0 Å². The van der Waals surface area contributed by atoms with Gasteiger partial charge < -0.3 is 9.63 Å². The number of aliphatic hydroxyl groups is 1. The molecule has 2 unspecified atom stereocenters. The van der Waals surface area contributed by atoms with Gasteiger partial charge in [0.1, 0.15) is 0 Å². The van der Waals surface area contributed by atoms with Crippen molar-refractivity contribution in [2.24, 2.45) is 0 Å². The Hall–Kier alpha value is -1.39. The van der Waals surface area contributed by atoms with Crippen molar-refractivity contribution in [2.75, 3.05) is 0 Å². The number of hydrogen-bond donors (Lipinski definition) is 1. The molecule has 2 atom stereocenters. The van der Waals surface area contributed by atoms with Crippen LogP contribution in [-0.4, -0.2) is 21.4 Å². The van der Waals surface area contributed by atoms with E-state index in [9.17, 15) is 5.11 Å². The molecule has 0 fully saturated rings. The van der Waals surface area contributed by atoms with Crippen LogP contribution in [0.4, 0.5) is 0 Å². The van der Waals surface area contributed by atoms with Gasteiger partial charge in [-0.2, -0.15) is 4.98 Å². The maximum absolute atomic E-state index is 9.65. The number of aliphatic hydroxyl groups excluding tert-OH is 1. The second-order valence-electron chi connectivity index (χ2n) is 4.19. The van der Waals surface area contributed by atoms with Gasteiger partial charge in [-0.1, -0.05) is 35.8 Å². The molecule has 1 aromatic heterocycles. The highest BCUT2D eigenvalue weighted by Crippen LogP contribution is 2.28. The van der Waals surface area contributed by atoms with E-state index in [4.69, 9.17) is 16.1 Å². The Morgan fingerprint density at radius 3 is 2.72 bits per heavy atom. The molecule has 2 aromatic rings. The van der Waals surface area contributed by atoms with Crippen LogP contribution in [0.25, 0.3) is 11.4 Å². The monoisotopic (exact) mass is 266 g/mol. The highest BCUT2D eigenvalue weighted by atomic mass is 35.5. The molecule has 0 amide bonds. The van der Waals surface area contributed by atoms with Gasteiger partial charge in [-0.15, -0.1) is 0 Å². The molecular formula is C13H15ClN2O2. The van der Waals surface area contributed by atoms with Gasteiger partial charge in [-0.25, -0.2) is 0 Å². The number of hydrogen-bond acceptors (Lipinski definition) is 4. The molecule has 1 heterocycles. The minimum atomic E-state index is -0.519. The van der Waals surface area contributed by atoms with Crippen molar-refractivity contribution in [1.29, 1.82) is 0 Å². The molecule has 5 heteroatoms. The van der Waals surface area contributed by atoms with Crippen molar-refractivity contribution in [3.05, 3.63) is 35.2 Å². The van der Waals surface area contributed by atoms with Gasteiger partial charge in [-0.05, 0) is 25.5 Å². The van der Waals surface area contributed by atoms with Crippen molar-refractivity contribution >= 4 is 11.6 Å². The first-order valence-corrected chi connectivity index (χ1v) is 6.27. The molecule has 4 nitrogen and oxygen atoms in total. The molecular weight excluding hydrogens is 252 g/mol. The Labute approximate surface area is 111 Å². The van der Waals surface area contributed by atoms with Crippen LogP contribution in [-0.2, 0) is 0 Å². The van der Waals surface area contributed by atoms with Gasteiger partial charge in [0, 0.05) is 5.56 Å². The minimum Gasteiger partial charge on any atom is -0.393 e. The molecule has 18 heavy (non-hydrogen) atoms. The molecule has 0 saturated heterocycles. The molecule has 0 aliphatic rings. The van der Waals surface area contributed by atoms with E-state index in [1.807, 2.05) is 25.1 Å². The molecule has 0 bridgehead atoms. The summed E-state index contributed by atoms with van der Waals surface area (Å²) in [6.07, 6.45) is 0.219. The second-order valence-corrected chi connectivity index (χ2v) is 4.60. The van der Waals surface area contributed by atoms with Crippen LogP contribution in [0.3, 0.4) is 0 Å². The van der Waals surface area contributed by atoms with Crippen molar-refractivity contribution in [3.63, 3.8) is 0 Å². The Balaban J connectivity index is 2.34. The summed E-state index contributed by atoms with van der Waals surface area (Å²) < 4.78 is 5.21. The van der Waals surface area contributed by atoms with Gasteiger partial charge in [0.05, 0.1) is 17.0 Å². The second kappa shape index (κ2) is 5.50. The average Bonchev–Trinajstić information content (AvgIpc) is 2.79. The predicted molar refractivity (Wildman–Crippen MR) is 69.5 cm³/mol. The van der Waals surface area contributed by atoms with Crippen molar-refractivity contribution < 1.29 is 9.63 Å². The van der Waals surface area contributed by atoms with Crippen LogP contribution in [0.15, 0.2) is 28.8 Å². The lowest BCUT2D eigenvalue weighted by molar-refractivity contribution is 0.141. The zero-order valence-electron chi connectivity index (χ0n) is 10.3. The summed E-state index contributed by atoms with van der Waals surface area (Å²) in [6, 6.07) is 7.32. The Morgan fingerprint density at radius 1 is 1.39 bits per heavy atom. The van der Waals surface area contributed by atoms with E-state index in [1.54, 1.807) is 13.0 Å². The first-order chi connectivity index (χ1) is 8.63. The van der Waals surface area contributed by atoms with E-state index in [-0.39, 0.29) is 5.92 Å². The van der Waals surface area contributed by atoms with E-state index < -0.39 is 6.10 Å². The fraction of sp³-hybridized carbons (Fsp3) is 0.385. The lowest BCUT2D eigenvalue weighted by Gasteiger charge is -2.12. The third kappa shape index (κ3) is 2.54. The van der Waals surface area contributed by atoms with Gasteiger partial charge in [0.25, 0.3) is 0 Å². The van der Waals surface area contributed by atoms with Crippen LogP contribution in [0, 0.1) is 0 Å². The number of halogens is 1. The quantitative estimate of drug-likeness (QED) is 0.923. The molecule has 0 radical (unpaired) electrons. The van der Waals surface area contributed by atoms with Crippen LogP contribution < -0.4 is 0 Å². The van der Waals surface area contributed by atoms with E-state index in [0.29, 0.717) is 16.7 Å². The predicted octanol–water partition coefficient (Wildman–Crippen LogP) is 3.26. The Kier molecular flexibility index (Phi) is 3.99. The first kappa shape index (κ1) is 13.1. The summed E-state index contributed by atoms with van der Waals surface area (Å²) in [5.74, 6) is 0.755. The van der Waals surface area contributed by atoms with Gasteiger partial charge in [0.2, 0.25) is 11.7 Å². The summed E-state index contributed by atoms with van der Waals surface area (Å²) in [5, 5.41) is 14.1. The summed E-state index contributed by atoms with van der Waals surface area (Å²) in [4.78, 5) is 4.31. The fourth-order valence-electron chi connectivity index (χ4n) is 1.86. The van der Waals surface area contributed by atoms with E-state index >= 15 is 0 Å². The van der Waals surface area contributed by atoms with Crippen LogP contribution in [0.2, 0.25) is 5.02 Å². The zero-order chi connectivity index (χ0) is 13.1. The fourth-order valence-corrected chi connectivity index (χ4v) is 2.08. The van der Waals surface area contributed by atoms with Gasteiger partial charge in [0.15, 0.2) is 0 Å². The highest BCUT2D eigenvalue weighted by molar-refractivity contribution is 6.33. The Morgan fingerprint density at radius 2 is 2.11 bits per heavy atom. The molecule has 0 aliphatic carbocycles. The maximum atomic E-state index is 9.65. The molecule has 0 spiro atoms. The molecule has 0 saturated carbocycles. The molecule has 0 aliphatic heterocycles. The van der Waals surface area contributed by atoms with Crippen molar-refractivity contribution in [1.82, 2.24) is 10.1 Å². The van der Waals surface area contributed by atoms with Crippen molar-refractivity contribution in [2.45, 2.75) is 32.3 Å². The SMILES string of the molecule is CCC(c1nc(-c2ccccc2Cl)no1)C(C)O. The summed E-state index contributed by atoms with van der Waals surface area (Å²) in [5.41, 5.74) is 0.731. The lowest BCUT2D eigenvalue weighted by Crippen LogP contribution is -2.13. The number of rotatable bonds is 4. The topological polar surface area (TPSA) is 59.2 Å². The largest absolute Gasteiger partial charge is 0.393 e. The molecule has 1 N–H and O–H groups in total. The summed E-state index contributed by atoms with van der Waals surface area (Å²) in [6.45, 7) is 3.68. The summed E-state index contributed by atoms with van der Waals surface area (Å²) >= 11 is 6.07. The highest BCUT2D eigenvalue weighted by Gasteiger charge is 2.22.